The summed E-state index contributed by atoms with van der Waals surface area (Å²) in [5.41, 5.74) is 10.6. The molecule has 0 aliphatic heterocycles. The molecular weight excluding hydrogens is 170 g/mol. The van der Waals surface area contributed by atoms with E-state index >= 15 is 0 Å². The van der Waals surface area contributed by atoms with Crippen molar-refractivity contribution in [1.82, 2.24) is 0 Å². The SMILES string of the molecule is Cc1cccc(N)c1C1=CCCC=C1. The predicted molar refractivity (Wildman–Crippen MR) is 61.9 cm³/mol. The Bertz CT molecular complexity index is 379. The van der Waals surface area contributed by atoms with Crippen LogP contribution in [-0.4, -0.2) is 0 Å². The molecule has 1 heteroatoms. The first-order chi connectivity index (χ1) is 6.79. The summed E-state index contributed by atoms with van der Waals surface area (Å²) in [6.07, 6.45) is 8.91. The van der Waals surface area contributed by atoms with Crippen molar-refractivity contribution >= 4 is 11.3 Å². The van der Waals surface area contributed by atoms with Crippen molar-refractivity contribution in [3.63, 3.8) is 0 Å². The lowest BCUT2D eigenvalue weighted by atomic mass is 9.94. The van der Waals surface area contributed by atoms with Crippen LogP contribution in [0.2, 0.25) is 0 Å². The third kappa shape index (κ3) is 1.58. The van der Waals surface area contributed by atoms with Gasteiger partial charge in [-0.25, -0.2) is 0 Å². The Hall–Kier alpha value is -1.50. The van der Waals surface area contributed by atoms with Crippen LogP contribution in [0.15, 0.2) is 36.4 Å². The summed E-state index contributed by atoms with van der Waals surface area (Å²) in [5.74, 6) is 0. The summed E-state index contributed by atoms with van der Waals surface area (Å²) in [6.45, 7) is 2.11. The first-order valence-electron chi connectivity index (χ1n) is 5.01. The Kier molecular flexibility index (Phi) is 2.40. The molecule has 0 amide bonds. The Balaban J connectivity index is 2.50. The van der Waals surface area contributed by atoms with Gasteiger partial charge in [0.05, 0.1) is 0 Å². The molecule has 0 saturated carbocycles. The zero-order chi connectivity index (χ0) is 9.97. The lowest BCUT2D eigenvalue weighted by Gasteiger charge is -2.12. The molecule has 2 rings (SSSR count). The van der Waals surface area contributed by atoms with Crippen LogP contribution in [0.4, 0.5) is 5.69 Å². The van der Waals surface area contributed by atoms with Crippen LogP contribution in [0.1, 0.15) is 24.0 Å². The summed E-state index contributed by atoms with van der Waals surface area (Å²) in [4.78, 5) is 0. The van der Waals surface area contributed by atoms with E-state index in [4.69, 9.17) is 5.73 Å². The van der Waals surface area contributed by atoms with Crippen molar-refractivity contribution in [3.05, 3.63) is 47.6 Å². The molecule has 0 radical (unpaired) electrons. The largest absolute Gasteiger partial charge is 0.398 e. The molecule has 0 heterocycles. The molecule has 72 valence electrons. The molecule has 1 aromatic rings. The first-order valence-corrected chi connectivity index (χ1v) is 5.01. The highest BCUT2D eigenvalue weighted by Crippen LogP contribution is 2.28. The van der Waals surface area contributed by atoms with Gasteiger partial charge in [0.15, 0.2) is 0 Å². The lowest BCUT2D eigenvalue weighted by molar-refractivity contribution is 1.04. The van der Waals surface area contributed by atoms with Gasteiger partial charge in [0.1, 0.15) is 0 Å². The van der Waals surface area contributed by atoms with E-state index < -0.39 is 0 Å². The fourth-order valence-electron chi connectivity index (χ4n) is 1.88. The number of rotatable bonds is 1. The zero-order valence-corrected chi connectivity index (χ0v) is 8.46. The van der Waals surface area contributed by atoms with Gasteiger partial charge in [-0.2, -0.15) is 0 Å². The molecule has 1 aliphatic rings. The monoisotopic (exact) mass is 185 g/mol. The molecule has 0 aromatic heterocycles. The second-order valence-electron chi connectivity index (χ2n) is 3.68. The second-order valence-corrected chi connectivity index (χ2v) is 3.68. The summed E-state index contributed by atoms with van der Waals surface area (Å²) >= 11 is 0. The number of nitrogen functional groups attached to an aromatic ring is 1. The van der Waals surface area contributed by atoms with Crippen molar-refractivity contribution < 1.29 is 0 Å². The van der Waals surface area contributed by atoms with Gasteiger partial charge < -0.3 is 5.73 Å². The molecule has 0 atom stereocenters. The van der Waals surface area contributed by atoms with E-state index in [1.165, 1.54) is 16.7 Å². The molecule has 2 N–H and O–H groups in total. The average Bonchev–Trinajstić information content (AvgIpc) is 2.19. The molecule has 0 spiro atoms. The highest BCUT2D eigenvalue weighted by atomic mass is 14.6. The highest BCUT2D eigenvalue weighted by molar-refractivity contribution is 5.83. The van der Waals surface area contributed by atoms with Crippen LogP contribution in [0, 0.1) is 6.92 Å². The van der Waals surface area contributed by atoms with Crippen LogP contribution < -0.4 is 5.73 Å². The first kappa shape index (κ1) is 9.07. The number of nitrogens with two attached hydrogens (primary N) is 1. The van der Waals surface area contributed by atoms with Gasteiger partial charge in [-0.1, -0.05) is 30.4 Å². The summed E-state index contributed by atoms with van der Waals surface area (Å²) in [6, 6.07) is 6.07. The molecule has 0 saturated heterocycles. The maximum atomic E-state index is 5.98. The zero-order valence-electron chi connectivity index (χ0n) is 8.46. The molecule has 0 bridgehead atoms. The van der Waals surface area contributed by atoms with E-state index in [0.29, 0.717) is 0 Å². The highest BCUT2D eigenvalue weighted by Gasteiger charge is 2.07. The van der Waals surface area contributed by atoms with Gasteiger partial charge in [0.2, 0.25) is 0 Å². The van der Waals surface area contributed by atoms with E-state index in [1.54, 1.807) is 0 Å². The fraction of sp³-hybridized carbons (Fsp3) is 0.231. The molecule has 1 aromatic carbocycles. The van der Waals surface area contributed by atoms with Crippen LogP contribution >= 0.6 is 0 Å². The van der Waals surface area contributed by atoms with Gasteiger partial charge in [-0.3, -0.25) is 0 Å². The molecule has 14 heavy (non-hydrogen) atoms. The van der Waals surface area contributed by atoms with Crippen molar-refractivity contribution in [2.75, 3.05) is 5.73 Å². The lowest BCUT2D eigenvalue weighted by Crippen LogP contribution is -1.96. The number of benzene rings is 1. The van der Waals surface area contributed by atoms with Gasteiger partial charge in [-0.15, -0.1) is 0 Å². The molecule has 0 unspecified atom stereocenters. The van der Waals surface area contributed by atoms with Gasteiger partial charge in [-0.05, 0) is 37.0 Å². The van der Waals surface area contributed by atoms with Crippen LogP contribution in [0.5, 0.6) is 0 Å². The summed E-state index contributed by atoms with van der Waals surface area (Å²) in [5, 5.41) is 0. The summed E-state index contributed by atoms with van der Waals surface area (Å²) in [7, 11) is 0. The Labute approximate surface area is 84.9 Å². The van der Waals surface area contributed by atoms with Gasteiger partial charge in [0.25, 0.3) is 0 Å². The summed E-state index contributed by atoms with van der Waals surface area (Å²) < 4.78 is 0. The number of aryl methyl sites for hydroxylation is 1. The fourth-order valence-corrected chi connectivity index (χ4v) is 1.88. The molecular formula is C13H15N. The van der Waals surface area contributed by atoms with Crippen molar-refractivity contribution in [2.24, 2.45) is 0 Å². The quantitative estimate of drug-likeness (QED) is 0.667. The third-order valence-corrected chi connectivity index (χ3v) is 2.59. The average molecular weight is 185 g/mol. The maximum Gasteiger partial charge on any atom is 0.0396 e. The van der Waals surface area contributed by atoms with Gasteiger partial charge in [0, 0.05) is 11.3 Å². The van der Waals surface area contributed by atoms with E-state index in [9.17, 15) is 0 Å². The smallest absolute Gasteiger partial charge is 0.0396 e. The Morgan fingerprint density at radius 1 is 1.21 bits per heavy atom. The van der Waals surface area contributed by atoms with Crippen LogP contribution in [-0.2, 0) is 0 Å². The Morgan fingerprint density at radius 2 is 2.07 bits per heavy atom. The third-order valence-electron chi connectivity index (χ3n) is 2.59. The van der Waals surface area contributed by atoms with Gasteiger partial charge >= 0.3 is 0 Å². The predicted octanol–water partition coefficient (Wildman–Crippen LogP) is 3.31. The number of allylic oxidation sites excluding steroid dienone is 4. The van der Waals surface area contributed by atoms with Crippen molar-refractivity contribution in [3.8, 4) is 0 Å². The van der Waals surface area contributed by atoms with E-state index in [1.807, 2.05) is 12.1 Å². The normalized spacial score (nSPS) is 15.4. The molecule has 1 aliphatic carbocycles. The molecule has 0 fully saturated rings. The number of hydrogen-bond acceptors (Lipinski definition) is 1. The van der Waals surface area contributed by atoms with Crippen molar-refractivity contribution in [2.45, 2.75) is 19.8 Å². The van der Waals surface area contributed by atoms with Crippen molar-refractivity contribution in [1.29, 1.82) is 0 Å². The minimum absolute atomic E-state index is 0.878. The van der Waals surface area contributed by atoms with E-state index in [2.05, 4.69) is 31.2 Å². The standard InChI is InChI=1S/C13H15N/c1-10-6-5-9-12(14)13(10)11-7-3-2-4-8-11/h3,5-9H,2,4,14H2,1H3. The number of anilines is 1. The number of hydrogen-bond donors (Lipinski definition) is 1. The Morgan fingerprint density at radius 3 is 2.71 bits per heavy atom. The minimum atomic E-state index is 0.878. The van der Waals surface area contributed by atoms with Crippen LogP contribution in [0.25, 0.3) is 5.57 Å². The minimum Gasteiger partial charge on any atom is -0.398 e. The van der Waals surface area contributed by atoms with E-state index in [0.717, 1.165) is 18.5 Å². The topological polar surface area (TPSA) is 26.0 Å². The second kappa shape index (κ2) is 3.70. The van der Waals surface area contributed by atoms with E-state index in [-0.39, 0.29) is 0 Å². The maximum absolute atomic E-state index is 5.98. The van der Waals surface area contributed by atoms with Crippen LogP contribution in [0.3, 0.4) is 0 Å². The molecule has 1 nitrogen and oxygen atoms in total.